The van der Waals surface area contributed by atoms with Crippen LogP contribution in [0.3, 0.4) is 0 Å². The quantitative estimate of drug-likeness (QED) is 0.646. The van der Waals surface area contributed by atoms with Crippen LogP contribution in [0.15, 0.2) is 40.0 Å². The van der Waals surface area contributed by atoms with Crippen LogP contribution in [0.2, 0.25) is 0 Å². The molecule has 3 rings (SSSR count). The number of sulfonamides is 1. The van der Waals surface area contributed by atoms with Crippen LogP contribution in [0.4, 0.5) is 10.1 Å². The molecule has 0 amide bonds. The molecule has 0 aliphatic heterocycles. The van der Waals surface area contributed by atoms with Gasteiger partial charge in [0.2, 0.25) is 5.88 Å². The molecule has 0 saturated carbocycles. The summed E-state index contributed by atoms with van der Waals surface area (Å²) in [7, 11) is -4.06. The van der Waals surface area contributed by atoms with Gasteiger partial charge in [-0.1, -0.05) is 12.1 Å². The summed E-state index contributed by atoms with van der Waals surface area (Å²) in [6, 6.07) is 8.06. The summed E-state index contributed by atoms with van der Waals surface area (Å²) in [4.78, 5) is 7.82. The summed E-state index contributed by atoms with van der Waals surface area (Å²) in [5, 5.41) is 3.44. The van der Waals surface area contributed by atoms with Gasteiger partial charge in [0.1, 0.15) is 6.67 Å². The van der Waals surface area contributed by atoms with Crippen LogP contribution >= 0.6 is 15.9 Å². The van der Waals surface area contributed by atoms with Crippen LogP contribution in [0, 0.1) is 0 Å². The number of para-hydroxylation sites is 1. The number of ether oxygens (including phenoxy) is 1. The van der Waals surface area contributed by atoms with Gasteiger partial charge in [-0.15, -0.1) is 5.10 Å². The molecular weight excluding hydrogens is 417 g/mol. The average molecular weight is 430 g/mol. The van der Waals surface area contributed by atoms with Crippen molar-refractivity contribution < 1.29 is 17.5 Å². The zero-order valence-corrected chi connectivity index (χ0v) is 15.4. The highest BCUT2D eigenvalue weighted by molar-refractivity contribution is 9.10. The lowest BCUT2D eigenvalue weighted by atomic mass is 10.3. The Bertz CT molecular complexity index is 1020. The second-order valence-corrected chi connectivity index (χ2v) is 7.27. The number of nitrogens with zero attached hydrogens (tertiary/aromatic N) is 4. The molecule has 8 nitrogen and oxygen atoms in total. The summed E-state index contributed by atoms with van der Waals surface area (Å²) in [5.41, 5.74) is 0.412. The molecule has 0 spiro atoms. The molecule has 25 heavy (non-hydrogen) atoms. The van der Waals surface area contributed by atoms with Crippen LogP contribution in [0.1, 0.15) is 12.6 Å². The van der Waals surface area contributed by atoms with Gasteiger partial charge < -0.3 is 4.74 Å². The first kappa shape index (κ1) is 17.5. The van der Waals surface area contributed by atoms with Crippen LogP contribution in [0.5, 0.6) is 5.88 Å². The van der Waals surface area contributed by atoms with E-state index < -0.39 is 21.9 Å². The third kappa shape index (κ3) is 3.56. The van der Waals surface area contributed by atoms with E-state index in [1.54, 1.807) is 31.2 Å². The van der Waals surface area contributed by atoms with Crippen molar-refractivity contribution in [2.24, 2.45) is 0 Å². The van der Waals surface area contributed by atoms with Crippen LogP contribution < -0.4 is 9.46 Å². The smallest absolute Gasteiger partial charge is 0.299 e. The lowest BCUT2D eigenvalue weighted by molar-refractivity contribution is 0.315. The molecule has 0 bridgehead atoms. The molecule has 2 heterocycles. The molecule has 2 aromatic heterocycles. The second kappa shape index (κ2) is 6.92. The highest BCUT2D eigenvalue weighted by Gasteiger charge is 2.23. The maximum atomic E-state index is 12.9. The molecule has 1 N–H and O–H groups in total. The molecular formula is C14H13BrFN5O3S. The first-order valence-corrected chi connectivity index (χ1v) is 9.45. The monoisotopic (exact) mass is 429 g/mol. The molecule has 0 unspecified atom stereocenters. The van der Waals surface area contributed by atoms with Crippen LogP contribution in [-0.4, -0.2) is 34.6 Å². The number of hydrogen-bond donors (Lipinski definition) is 1. The van der Waals surface area contributed by atoms with Gasteiger partial charge in [-0.2, -0.15) is 17.9 Å². The van der Waals surface area contributed by atoms with Gasteiger partial charge in [0.25, 0.3) is 21.0 Å². The summed E-state index contributed by atoms with van der Waals surface area (Å²) < 4.78 is 47.4. The van der Waals surface area contributed by atoms with E-state index >= 15 is 0 Å². The Kier molecular flexibility index (Phi) is 4.86. The molecule has 0 aliphatic rings. The van der Waals surface area contributed by atoms with E-state index in [0.29, 0.717) is 16.8 Å². The van der Waals surface area contributed by atoms with E-state index in [2.05, 4.69) is 35.7 Å². The zero-order valence-electron chi connectivity index (χ0n) is 13.0. The fraction of sp³-hybridized carbons (Fsp3) is 0.214. The van der Waals surface area contributed by atoms with E-state index in [0.717, 1.165) is 4.52 Å². The minimum Gasteiger partial charge on any atom is -0.478 e. The number of fused-ring (bicyclic) bond motifs is 1. The number of hydrogen-bond acceptors (Lipinski definition) is 6. The first-order valence-electron chi connectivity index (χ1n) is 7.17. The third-order valence-corrected chi connectivity index (χ3v) is 4.93. The predicted octanol–water partition coefficient (Wildman–Crippen LogP) is 2.56. The minimum absolute atomic E-state index is 0.0638. The van der Waals surface area contributed by atoms with Crippen molar-refractivity contribution in [2.45, 2.75) is 18.8 Å². The van der Waals surface area contributed by atoms with Gasteiger partial charge in [-0.3, -0.25) is 4.72 Å². The lowest BCUT2D eigenvalue weighted by Crippen LogP contribution is -2.15. The number of rotatable bonds is 6. The maximum absolute atomic E-state index is 12.9. The predicted molar refractivity (Wildman–Crippen MR) is 91.7 cm³/mol. The minimum atomic E-state index is -4.06. The fourth-order valence-corrected chi connectivity index (χ4v) is 3.50. The Labute approximate surface area is 151 Å². The Morgan fingerprint density at radius 2 is 2.08 bits per heavy atom. The highest BCUT2D eigenvalue weighted by Crippen LogP contribution is 2.24. The van der Waals surface area contributed by atoms with Crippen molar-refractivity contribution in [3.05, 3.63) is 40.5 Å². The van der Waals surface area contributed by atoms with Gasteiger partial charge >= 0.3 is 0 Å². The molecule has 132 valence electrons. The van der Waals surface area contributed by atoms with E-state index in [1.807, 2.05) is 0 Å². The van der Waals surface area contributed by atoms with Crippen molar-refractivity contribution >= 4 is 37.4 Å². The summed E-state index contributed by atoms with van der Waals surface area (Å²) >= 11 is 3.26. The molecule has 11 heteroatoms. The standard InChI is InChI=1S/C14H13BrFN5O3S/c1-2-24-12-7-9(8-16)17-13-18-14(19-21(12)13)25(22,23)20-11-6-4-3-5-10(11)15/h3-7,20H,2,8H2,1H3. The summed E-state index contributed by atoms with van der Waals surface area (Å²) in [6.45, 7) is 1.20. The van der Waals surface area contributed by atoms with Crippen molar-refractivity contribution in [3.63, 3.8) is 0 Å². The van der Waals surface area contributed by atoms with Crippen molar-refractivity contribution in [2.75, 3.05) is 11.3 Å². The van der Waals surface area contributed by atoms with E-state index in [9.17, 15) is 12.8 Å². The Hall–Kier alpha value is -2.27. The largest absolute Gasteiger partial charge is 0.478 e. The number of anilines is 1. The Morgan fingerprint density at radius 3 is 2.76 bits per heavy atom. The van der Waals surface area contributed by atoms with E-state index in [4.69, 9.17) is 4.74 Å². The Balaban J connectivity index is 2.06. The van der Waals surface area contributed by atoms with Crippen LogP contribution in [0.25, 0.3) is 5.78 Å². The molecule has 0 saturated heterocycles. The molecule has 0 aliphatic carbocycles. The van der Waals surface area contributed by atoms with Crippen molar-refractivity contribution in [1.82, 2.24) is 19.6 Å². The molecule has 1 aromatic carbocycles. The lowest BCUT2D eigenvalue weighted by Gasteiger charge is -2.06. The van der Waals surface area contributed by atoms with Crippen molar-refractivity contribution in [1.29, 1.82) is 0 Å². The highest BCUT2D eigenvalue weighted by atomic mass is 79.9. The van der Waals surface area contributed by atoms with Crippen molar-refractivity contribution in [3.8, 4) is 5.88 Å². The number of alkyl halides is 1. The SMILES string of the molecule is CCOc1cc(CF)nc2nc(S(=O)(=O)Nc3ccccc3Br)nn12. The number of nitrogens with one attached hydrogen (secondary N) is 1. The first-order chi connectivity index (χ1) is 11.9. The average Bonchev–Trinajstić information content (AvgIpc) is 3.02. The van der Waals surface area contributed by atoms with Gasteiger partial charge in [0.05, 0.1) is 18.0 Å². The summed E-state index contributed by atoms with van der Waals surface area (Å²) in [5.74, 6) is 0.0982. The van der Waals surface area contributed by atoms with Gasteiger partial charge in [0.15, 0.2) is 0 Å². The fourth-order valence-electron chi connectivity index (χ4n) is 2.04. The molecule has 3 aromatic rings. The molecule has 0 atom stereocenters. The zero-order chi connectivity index (χ0) is 18.0. The number of aromatic nitrogens is 4. The van der Waals surface area contributed by atoms with Gasteiger partial charge in [-0.25, -0.2) is 9.37 Å². The number of halogens is 2. The second-order valence-electron chi connectivity index (χ2n) is 4.84. The maximum Gasteiger partial charge on any atom is 0.299 e. The van der Waals surface area contributed by atoms with Crippen LogP contribution in [-0.2, 0) is 16.7 Å². The normalized spacial score (nSPS) is 11.6. The van der Waals surface area contributed by atoms with E-state index in [-0.39, 0.29) is 17.4 Å². The number of benzene rings is 1. The Morgan fingerprint density at radius 1 is 1.32 bits per heavy atom. The summed E-state index contributed by atoms with van der Waals surface area (Å²) in [6.07, 6.45) is 0. The van der Waals surface area contributed by atoms with Gasteiger partial charge in [0, 0.05) is 10.5 Å². The van der Waals surface area contributed by atoms with Gasteiger partial charge in [-0.05, 0) is 35.0 Å². The molecule has 0 radical (unpaired) electrons. The topological polar surface area (TPSA) is 98.5 Å². The van der Waals surface area contributed by atoms with E-state index in [1.165, 1.54) is 6.07 Å². The molecule has 0 fully saturated rings. The third-order valence-electron chi connectivity index (χ3n) is 3.10.